The van der Waals surface area contributed by atoms with Crippen molar-refractivity contribution in [1.82, 2.24) is 4.98 Å². The minimum atomic E-state index is -0.201. The largest absolute Gasteiger partial charge is 0.328 e. The summed E-state index contributed by atoms with van der Waals surface area (Å²) in [4.78, 5) is 25.6. The van der Waals surface area contributed by atoms with Gasteiger partial charge in [0.25, 0.3) is 0 Å². The fourth-order valence-corrected chi connectivity index (χ4v) is 1.79. The molecule has 0 aromatic carbocycles. The molecule has 0 aliphatic rings. The molecule has 2 heterocycles. The molecule has 0 unspecified atom stereocenters. The Morgan fingerprint density at radius 3 is 2.71 bits per heavy atom. The number of thiophene rings is 1. The first-order chi connectivity index (χ1) is 6.77. The van der Waals surface area contributed by atoms with Crippen LogP contribution in [0.5, 0.6) is 0 Å². The molecule has 0 bridgehead atoms. The summed E-state index contributed by atoms with van der Waals surface area (Å²) in [6, 6.07) is 6.46. The van der Waals surface area contributed by atoms with Gasteiger partial charge in [-0.15, -0.1) is 11.3 Å². The Morgan fingerprint density at radius 1 is 1.29 bits per heavy atom. The van der Waals surface area contributed by atoms with Crippen molar-refractivity contribution in [3.05, 3.63) is 56.6 Å². The van der Waals surface area contributed by atoms with Gasteiger partial charge in [0.2, 0.25) is 11.3 Å². The normalized spacial score (nSPS) is 10.0. The van der Waals surface area contributed by atoms with E-state index in [2.05, 4.69) is 4.98 Å². The van der Waals surface area contributed by atoms with Gasteiger partial charge in [-0.05, 0) is 17.5 Å². The minimum Gasteiger partial charge on any atom is -0.328 e. The Bertz CT molecular complexity index is 479. The lowest BCUT2D eigenvalue weighted by Crippen LogP contribution is -2.06. The molecule has 0 aliphatic heterocycles. The van der Waals surface area contributed by atoms with Crippen LogP contribution >= 0.6 is 11.3 Å². The molecule has 2 aromatic rings. The maximum absolute atomic E-state index is 11.7. The second-order valence-corrected chi connectivity index (χ2v) is 3.70. The van der Waals surface area contributed by atoms with E-state index in [-0.39, 0.29) is 11.3 Å². The number of H-pyrrole nitrogens is 1. The van der Waals surface area contributed by atoms with Crippen molar-refractivity contribution >= 4 is 17.1 Å². The molecule has 4 heteroatoms. The molecule has 0 fully saturated rings. The molecule has 0 amide bonds. The topological polar surface area (TPSA) is 49.9 Å². The molecule has 70 valence electrons. The van der Waals surface area contributed by atoms with Gasteiger partial charge < -0.3 is 4.98 Å². The zero-order valence-electron chi connectivity index (χ0n) is 7.19. The maximum atomic E-state index is 11.7. The molecule has 2 rings (SSSR count). The number of pyridine rings is 1. The third-order valence-corrected chi connectivity index (χ3v) is 2.66. The molecule has 2 aromatic heterocycles. The highest BCUT2D eigenvalue weighted by molar-refractivity contribution is 7.12. The number of ketones is 1. The number of rotatable bonds is 2. The highest BCUT2D eigenvalue weighted by atomic mass is 32.1. The van der Waals surface area contributed by atoms with Gasteiger partial charge in [-0.25, -0.2) is 0 Å². The molecule has 0 radical (unpaired) electrons. The second kappa shape index (κ2) is 3.59. The molecule has 0 atom stereocenters. The average Bonchev–Trinajstić information content (AvgIpc) is 2.71. The Kier molecular flexibility index (Phi) is 2.28. The SMILES string of the molecule is O=C(c1ccc(=O)[nH]c1)c1cccs1. The molecule has 0 saturated carbocycles. The van der Waals surface area contributed by atoms with Crippen LogP contribution in [0.15, 0.2) is 40.6 Å². The monoisotopic (exact) mass is 205 g/mol. The van der Waals surface area contributed by atoms with E-state index in [0.29, 0.717) is 10.4 Å². The molecule has 0 spiro atoms. The predicted molar refractivity (Wildman–Crippen MR) is 54.8 cm³/mol. The van der Waals surface area contributed by atoms with Crippen molar-refractivity contribution in [3.63, 3.8) is 0 Å². The summed E-state index contributed by atoms with van der Waals surface area (Å²) in [6.45, 7) is 0. The van der Waals surface area contributed by atoms with Gasteiger partial charge in [0, 0.05) is 17.8 Å². The van der Waals surface area contributed by atoms with Gasteiger partial charge >= 0.3 is 0 Å². The van der Waals surface area contributed by atoms with Crippen LogP contribution in [0.4, 0.5) is 0 Å². The van der Waals surface area contributed by atoms with Crippen molar-refractivity contribution in [2.24, 2.45) is 0 Å². The van der Waals surface area contributed by atoms with E-state index < -0.39 is 0 Å². The highest BCUT2D eigenvalue weighted by Crippen LogP contribution is 2.13. The zero-order chi connectivity index (χ0) is 9.97. The van der Waals surface area contributed by atoms with Crippen LogP contribution in [-0.2, 0) is 0 Å². The maximum Gasteiger partial charge on any atom is 0.247 e. The zero-order valence-corrected chi connectivity index (χ0v) is 8.01. The number of aromatic nitrogens is 1. The first kappa shape index (κ1) is 8.90. The first-order valence-electron chi connectivity index (χ1n) is 4.04. The van der Waals surface area contributed by atoms with Crippen LogP contribution in [0.1, 0.15) is 15.2 Å². The van der Waals surface area contributed by atoms with Gasteiger partial charge in [0.05, 0.1) is 4.88 Å². The summed E-state index contributed by atoms with van der Waals surface area (Å²) in [5.74, 6) is -0.0590. The lowest BCUT2D eigenvalue weighted by molar-refractivity contribution is 0.104. The van der Waals surface area contributed by atoms with E-state index in [1.165, 1.54) is 29.7 Å². The first-order valence-corrected chi connectivity index (χ1v) is 4.92. The smallest absolute Gasteiger partial charge is 0.247 e. The molecular weight excluding hydrogens is 198 g/mol. The van der Waals surface area contributed by atoms with Crippen molar-refractivity contribution < 1.29 is 4.79 Å². The van der Waals surface area contributed by atoms with Crippen LogP contribution in [0.25, 0.3) is 0 Å². The van der Waals surface area contributed by atoms with Crippen molar-refractivity contribution in [1.29, 1.82) is 0 Å². The third-order valence-electron chi connectivity index (χ3n) is 1.79. The molecule has 3 nitrogen and oxygen atoms in total. The van der Waals surface area contributed by atoms with Crippen LogP contribution in [0, 0.1) is 0 Å². The fourth-order valence-electron chi connectivity index (χ4n) is 1.10. The van der Waals surface area contributed by atoms with E-state index in [4.69, 9.17) is 0 Å². The van der Waals surface area contributed by atoms with Gasteiger partial charge in [-0.3, -0.25) is 9.59 Å². The number of hydrogen-bond donors (Lipinski definition) is 1. The second-order valence-electron chi connectivity index (χ2n) is 2.75. The Morgan fingerprint density at radius 2 is 2.14 bits per heavy atom. The number of hydrogen-bond acceptors (Lipinski definition) is 3. The van der Waals surface area contributed by atoms with Gasteiger partial charge in [0.15, 0.2) is 0 Å². The van der Waals surface area contributed by atoms with E-state index in [1.54, 1.807) is 6.07 Å². The van der Waals surface area contributed by atoms with E-state index >= 15 is 0 Å². The quantitative estimate of drug-likeness (QED) is 0.758. The van der Waals surface area contributed by atoms with Crippen molar-refractivity contribution in [3.8, 4) is 0 Å². The lowest BCUT2D eigenvalue weighted by atomic mass is 10.2. The van der Waals surface area contributed by atoms with E-state index in [0.717, 1.165) is 0 Å². The van der Waals surface area contributed by atoms with Gasteiger partial charge in [0.1, 0.15) is 0 Å². The average molecular weight is 205 g/mol. The Hall–Kier alpha value is -1.68. The Balaban J connectivity index is 2.37. The summed E-state index contributed by atoms with van der Waals surface area (Å²) >= 11 is 1.39. The van der Waals surface area contributed by atoms with Crippen LogP contribution in [0.2, 0.25) is 0 Å². The van der Waals surface area contributed by atoms with E-state index in [1.807, 2.05) is 11.4 Å². The third kappa shape index (κ3) is 1.65. The summed E-state index contributed by atoms with van der Waals surface area (Å²) < 4.78 is 0. The van der Waals surface area contributed by atoms with Crippen molar-refractivity contribution in [2.75, 3.05) is 0 Å². The molecule has 0 aliphatic carbocycles. The van der Waals surface area contributed by atoms with Crippen LogP contribution in [-0.4, -0.2) is 10.8 Å². The predicted octanol–water partition coefficient (Wildman–Crippen LogP) is 1.67. The van der Waals surface area contributed by atoms with Gasteiger partial charge in [-0.1, -0.05) is 6.07 Å². The highest BCUT2D eigenvalue weighted by Gasteiger charge is 2.08. The molecule has 0 saturated heterocycles. The number of carbonyl (C=O) groups is 1. The number of carbonyl (C=O) groups excluding carboxylic acids is 1. The van der Waals surface area contributed by atoms with E-state index in [9.17, 15) is 9.59 Å². The molecule has 1 N–H and O–H groups in total. The lowest BCUT2D eigenvalue weighted by Gasteiger charge is -1.95. The fraction of sp³-hybridized carbons (Fsp3) is 0. The molecule has 14 heavy (non-hydrogen) atoms. The van der Waals surface area contributed by atoms with Crippen LogP contribution in [0.3, 0.4) is 0 Å². The van der Waals surface area contributed by atoms with Crippen LogP contribution < -0.4 is 5.56 Å². The number of nitrogens with one attached hydrogen (secondary N) is 1. The standard InChI is InChI=1S/C10H7NO2S/c12-9-4-3-7(6-11-9)10(13)8-2-1-5-14-8/h1-6H,(H,11,12). The molecular formula is C10H7NO2S. The van der Waals surface area contributed by atoms with Crippen molar-refractivity contribution in [2.45, 2.75) is 0 Å². The summed E-state index contributed by atoms with van der Waals surface area (Å²) in [5, 5.41) is 1.85. The Labute approximate surface area is 84.0 Å². The number of aromatic amines is 1. The van der Waals surface area contributed by atoms with Gasteiger partial charge in [-0.2, -0.15) is 0 Å². The summed E-state index contributed by atoms with van der Waals surface area (Å²) in [5.41, 5.74) is 0.305. The summed E-state index contributed by atoms with van der Waals surface area (Å²) in [7, 11) is 0. The summed E-state index contributed by atoms with van der Waals surface area (Å²) in [6.07, 6.45) is 1.43. The minimum absolute atomic E-state index is 0.0590.